The Morgan fingerprint density at radius 1 is 1.35 bits per heavy atom. The van der Waals surface area contributed by atoms with Crippen LogP contribution in [0.1, 0.15) is 10.4 Å². The number of carboxylic acids is 1. The largest absolute Gasteiger partial charge is 0.478 e. The van der Waals surface area contributed by atoms with Crippen LogP contribution < -0.4 is 0 Å². The first kappa shape index (κ1) is 9.65. The predicted molar refractivity (Wildman–Crippen MR) is 62.4 cm³/mol. The van der Waals surface area contributed by atoms with E-state index in [0.29, 0.717) is 5.56 Å². The van der Waals surface area contributed by atoms with Gasteiger partial charge in [-0.15, -0.1) is 0 Å². The number of nitrogens with zero attached hydrogens (tertiary/aromatic N) is 2. The standard InChI is InChI=1S/C12H9N3O2/c16-12(17)10-7-15(8-5-13-14-6-8)11-4-2-1-3-9(10)11/h1-7H,(H,13,14)(H,16,17). The number of aromatic nitrogens is 3. The molecule has 2 heterocycles. The van der Waals surface area contributed by atoms with E-state index < -0.39 is 5.97 Å². The highest BCUT2D eigenvalue weighted by Gasteiger charge is 2.14. The zero-order chi connectivity index (χ0) is 11.8. The Labute approximate surface area is 96.3 Å². The molecule has 5 nitrogen and oxygen atoms in total. The van der Waals surface area contributed by atoms with Gasteiger partial charge < -0.3 is 9.67 Å². The van der Waals surface area contributed by atoms with E-state index in [0.717, 1.165) is 16.6 Å². The number of aromatic carboxylic acids is 1. The maximum absolute atomic E-state index is 11.2. The van der Waals surface area contributed by atoms with E-state index in [1.807, 2.05) is 22.8 Å². The second kappa shape index (κ2) is 3.48. The maximum atomic E-state index is 11.2. The van der Waals surface area contributed by atoms with Crippen molar-refractivity contribution in [3.05, 3.63) is 48.4 Å². The highest BCUT2D eigenvalue weighted by Crippen LogP contribution is 2.24. The molecule has 0 aliphatic carbocycles. The summed E-state index contributed by atoms with van der Waals surface area (Å²) in [4.78, 5) is 11.2. The van der Waals surface area contributed by atoms with Crippen LogP contribution in [0.25, 0.3) is 16.6 Å². The summed E-state index contributed by atoms with van der Waals surface area (Å²) < 4.78 is 1.81. The van der Waals surface area contributed by atoms with Gasteiger partial charge in [-0.2, -0.15) is 5.10 Å². The summed E-state index contributed by atoms with van der Waals surface area (Å²) in [6.45, 7) is 0. The minimum absolute atomic E-state index is 0.293. The summed E-state index contributed by atoms with van der Waals surface area (Å²) in [6, 6.07) is 7.39. The molecule has 2 N–H and O–H groups in total. The molecule has 0 saturated carbocycles. The Kier molecular flexibility index (Phi) is 1.98. The molecular formula is C12H9N3O2. The highest BCUT2D eigenvalue weighted by atomic mass is 16.4. The number of carboxylic acid groups (broad SMARTS) is 1. The first-order valence-electron chi connectivity index (χ1n) is 5.10. The van der Waals surface area contributed by atoms with Crippen molar-refractivity contribution in [2.45, 2.75) is 0 Å². The number of fused-ring (bicyclic) bond motifs is 1. The zero-order valence-corrected chi connectivity index (χ0v) is 8.79. The van der Waals surface area contributed by atoms with Gasteiger partial charge in [-0.1, -0.05) is 18.2 Å². The second-order valence-corrected chi connectivity index (χ2v) is 3.69. The molecule has 0 fully saturated rings. The minimum Gasteiger partial charge on any atom is -0.478 e. The van der Waals surface area contributed by atoms with Gasteiger partial charge in [0.1, 0.15) is 0 Å². The first-order chi connectivity index (χ1) is 8.27. The Balaban J connectivity index is 2.37. The zero-order valence-electron chi connectivity index (χ0n) is 8.79. The van der Waals surface area contributed by atoms with Crippen molar-refractivity contribution in [1.82, 2.24) is 14.8 Å². The molecule has 0 saturated heterocycles. The smallest absolute Gasteiger partial charge is 0.337 e. The fraction of sp³-hybridized carbons (Fsp3) is 0. The number of H-pyrrole nitrogens is 1. The molecule has 0 aliphatic heterocycles. The van der Waals surface area contributed by atoms with Crippen LogP contribution in [0.5, 0.6) is 0 Å². The number of hydrogen-bond acceptors (Lipinski definition) is 2. The van der Waals surface area contributed by atoms with Crippen molar-refractivity contribution in [3.63, 3.8) is 0 Å². The molecule has 0 radical (unpaired) electrons. The predicted octanol–water partition coefficient (Wildman–Crippen LogP) is 2.05. The monoisotopic (exact) mass is 227 g/mol. The minimum atomic E-state index is -0.927. The van der Waals surface area contributed by atoms with E-state index in [9.17, 15) is 4.79 Å². The third-order valence-electron chi connectivity index (χ3n) is 2.70. The molecule has 0 unspecified atom stereocenters. The van der Waals surface area contributed by atoms with Gasteiger partial charge in [-0.05, 0) is 6.07 Å². The average molecular weight is 227 g/mol. The van der Waals surface area contributed by atoms with Crippen molar-refractivity contribution in [2.24, 2.45) is 0 Å². The Morgan fingerprint density at radius 3 is 2.88 bits per heavy atom. The lowest BCUT2D eigenvalue weighted by molar-refractivity contribution is 0.0699. The van der Waals surface area contributed by atoms with E-state index in [1.54, 1.807) is 24.7 Å². The molecule has 17 heavy (non-hydrogen) atoms. The van der Waals surface area contributed by atoms with Crippen LogP contribution in [0.4, 0.5) is 0 Å². The van der Waals surface area contributed by atoms with Crippen molar-refractivity contribution in [3.8, 4) is 5.69 Å². The maximum Gasteiger partial charge on any atom is 0.337 e. The van der Waals surface area contributed by atoms with Gasteiger partial charge in [0.05, 0.1) is 23.0 Å². The SMILES string of the molecule is O=C(O)c1cn(-c2cn[nH]c2)c2ccccc12. The average Bonchev–Trinajstić information content (AvgIpc) is 2.95. The van der Waals surface area contributed by atoms with Crippen molar-refractivity contribution < 1.29 is 9.90 Å². The van der Waals surface area contributed by atoms with Gasteiger partial charge in [0.15, 0.2) is 0 Å². The lowest BCUT2D eigenvalue weighted by Gasteiger charge is -1.99. The Morgan fingerprint density at radius 2 is 2.18 bits per heavy atom. The molecule has 5 heteroatoms. The van der Waals surface area contributed by atoms with E-state index in [2.05, 4.69) is 10.2 Å². The van der Waals surface area contributed by atoms with Crippen LogP contribution in [0.2, 0.25) is 0 Å². The van der Waals surface area contributed by atoms with Gasteiger partial charge in [0.25, 0.3) is 0 Å². The molecule has 3 aromatic rings. The van der Waals surface area contributed by atoms with Crippen LogP contribution in [0.15, 0.2) is 42.9 Å². The molecule has 0 bridgehead atoms. The van der Waals surface area contributed by atoms with Crippen LogP contribution in [0, 0.1) is 0 Å². The number of rotatable bonds is 2. The third kappa shape index (κ3) is 1.40. The van der Waals surface area contributed by atoms with Gasteiger partial charge in [-0.3, -0.25) is 5.10 Å². The quantitative estimate of drug-likeness (QED) is 0.703. The van der Waals surface area contributed by atoms with E-state index >= 15 is 0 Å². The molecule has 3 rings (SSSR count). The third-order valence-corrected chi connectivity index (χ3v) is 2.70. The van der Waals surface area contributed by atoms with E-state index in [-0.39, 0.29) is 0 Å². The molecule has 0 atom stereocenters. The molecule has 0 spiro atoms. The van der Waals surface area contributed by atoms with Crippen molar-refractivity contribution >= 4 is 16.9 Å². The lowest BCUT2D eigenvalue weighted by Crippen LogP contribution is -1.94. The second-order valence-electron chi connectivity index (χ2n) is 3.69. The van der Waals surface area contributed by atoms with Crippen molar-refractivity contribution in [2.75, 3.05) is 0 Å². The summed E-state index contributed by atoms with van der Waals surface area (Å²) in [7, 11) is 0. The number of hydrogen-bond donors (Lipinski definition) is 2. The van der Waals surface area contributed by atoms with Gasteiger partial charge in [-0.25, -0.2) is 4.79 Å². The normalized spacial score (nSPS) is 10.8. The van der Waals surface area contributed by atoms with Crippen LogP contribution in [-0.2, 0) is 0 Å². The molecule has 2 aromatic heterocycles. The molecule has 84 valence electrons. The van der Waals surface area contributed by atoms with Crippen LogP contribution in [-0.4, -0.2) is 25.8 Å². The summed E-state index contributed by atoms with van der Waals surface area (Å²) >= 11 is 0. The summed E-state index contributed by atoms with van der Waals surface area (Å²) in [5.41, 5.74) is 1.96. The number of nitrogens with one attached hydrogen (secondary N) is 1. The molecule has 0 aliphatic rings. The Hall–Kier alpha value is -2.56. The highest BCUT2D eigenvalue weighted by molar-refractivity contribution is 6.03. The number of benzene rings is 1. The van der Waals surface area contributed by atoms with Crippen LogP contribution >= 0.6 is 0 Å². The molecule has 1 aromatic carbocycles. The summed E-state index contributed by atoms with van der Waals surface area (Å²) in [6.07, 6.45) is 4.98. The first-order valence-corrected chi connectivity index (χ1v) is 5.10. The van der Waals surface area contributed by atoms with E-state index in [4.69, 9.17) is 5.11 Å². The fourth-order valence-corrected chi connectivity index (χ4v) is 1.94. The molecule has 0 amide bonds. The topological polar surface area (TPSA) is 70.9 Å². The molecular weight excluding hydrogens is 218 g/mol. The van der Waals surface area contributed by atoms with E-state index in [1.165, 1.54) is 0 Å². The number of para-hydroxylation sites is 1. The fourth-order valence-electron chi connectivity index (χ4n) is 1.94. The van der Waals surface area contributed by atoms with Gasteiger partial charge in [0.2, 0.25) is 0 Å². The lowest BCUT2D eigenvalue weighted by atomic mass is 10.2. The summed E-state index contributed by atoms with van der Waals surface area (Å²) in [5, 5.41) is 16.5. The number of carbonyl (C=O) groups is 1. The Bertz CT molecular complexity index is 683. The van der Waals surface area contributed by atoms with Crippen molar-refractivity contribution in [1.29, 1.82) is 0 Å². The number of aromatic amines is 1. The van der Waals surface area contributed by atoms with Crippen LogP contribution in [0.3, 0.4) is 0 Å². The van der Waals surface area contributed by atoms with Gasteiger partial charge >= 0.3 is 5.97 Å². The summed E-state index contributed by atoms with van der Waals surface area (Å²) in [5.74, 6) is -0.927. The van der Waals surface area contributed by atoms with Gasteiger partial charge in [0, 0.05) is 17.8 Å².